The van der Waals surface area contributed by atoms with Gasteiger partial charge in [0, 0.05) is 13.2 Å². The van der Waals surface area contributed by atoms with Gasteiger partial charge in [-0.1, -0.05) is 6.07 Å². The van der Waals surface area contributed by atoms with E-state index in [1.165, 1.54) is 7.05 Å². The molecule has 7 heteroatoms. The Morgan fingerprint density at radius 2 is 1.87 bits per heavy atom. The van der Waals surface area contributed by atoms with E-state index < -0.39 is 17.2 Å². The average molecular weight is 317 g/mol. The molecule has 0 bridgehead atoms. The van der Waals surface area contributed by atoms with E-state index in [-0.39, 0.29) is 18.7 Å². The van der Waals surface area contributed by atoms with Crippen LogP contribution >= 0.6 is 0 Å². The molecule has 2 rings (SSSR count). The standard InChI is InChI=1S/C16H19N3O4/c1-10-6-11(2)8-12(7-10)23-5-4-17-14(20)13-9-18-16(22)19(3)15(13)21/h6-9H,4-5H2,1-3H3,(H,17,20)(H,18,22). The number of aromatic amines is 1. The van der Waals surface area contributed by atoms with Crippen molar-refractivity contribution in [3.63, 3.8) is 0 Å². The third kappa shape index (κ3) is 4.09. The third-order valence-electron chi connectivity index (χ3n) is 3.28. The number of H-pyrrole nitrogens is 1. The first-order valence-electron chi connectivity index (χ1n) is 7.16. The fourth-order valence-corrected chi connectivity index (χ4v) is 2.17. The number of carbonyl (C=O) groups excluding carboxylic acids is 1. The fourth-order valence-electron chi connectivity index (χ4n) is 2.17. The minimum absolute atomic E-state index is 0.112. The molecule has 0 aliphatic heterocycles. The molecule has 0 atom stereocenters. The molecule has 0 radical (unpaired) electrons. The monoisotopic (exact) mass is 317 g/mol. The zero-order valence-corrected chi connectivity index (χ0v) is 13.3. The van der Waals surface area contributed by atoms with Crippen LogP contribution in [0.15, 0.2) is 34.0 Å². The molecule has 2 N–H and O–H groups in total. The Hall–Kier alpha value is -2.83. The molecular formula is C16H19N3O4. The summed E-state index contributed by atoms with van der Waals surface area (Å²) in [4.78, 5) is 37.3. The smallest absolute Gasteiger partial charge is 0.328 e. The highest BCUT2D eigenvalue weighted by Crippen LogP contribution is 2.15. The Balaban J connectivity index is 1.92. The van der Waals surface area contributed by atoms with Crippen LogP contribution in [0.5, 0.6) is 5.75 Å². The molecule has 2 aromatic rings. The quantitative estimate of drug-likeness (QED) is 0.785. The van der Waals surface area contributed by atoms with Crippen LogP contribution in [0.3, 0.4) is 0 Å². The second kappa shape index (κ2) is 6.95. The fraction of sp³-hybridized carbons (Fsp3) is 0.312. The van der Waals surface area contributed by atoms with Gasteiger partial charge in [-0.25, -0.2) is 4.79 Å². The van der Waals surface area contributed by atoms with Crippen molar-refractivity contribution in [1.82, 2.24) is 14.9 Å². The van der Waals surface area contributed by atoms with Crippen LogP contribution in [0.4, 0.5) is 0 Å². The zero-order chi connectivity index (χ0) is 17.0. The highest BCUT2D eigenvalue weighted by atomic mass is 16.5. The Morgan fingerprint density at radius 3 is 2.52 bits per heavy atom. The van der Waals surface area contributed by atoms with Crippen molar-refractivity contribution in [1.29, 1.82) is 0 Å². The van der Waals surface area contributed by atoms with E-state index in [1.807, 2.05) is 32.0 Å². The minimum Gasteiger partial charge on any atom is -0.492 e. The maximum atomic E-state index is 11.9. The molecule has 1 aromatic heterocycles. The number of benzene rings is 1. The lowest BCUT2D eigenvalue weighted by Gasteiger charge is -2.09. The summed E-state index contributed by atoms with van der Waals surface area (Å²) in [6.45, 7) is 4.48. The predicted octanol–water partition coefficient (Wildman–Crippen LogP) is 0.499. The number of nitrogens with zero attached hydrogens (tertiary/aromatic N) is 1. The van der Waals surface area contributed by atoms with E-state index in [4.69, 9.17) is 4.74 Å². The number of nitrogens with one attached hydrogen (secondary N) is 2. The molecule has 0 aliphatic carbocycles. The van der Waals surface area contributed by atoms with Gasteiger partial charge in [-0.3, -0.25) is 14.2 Å². The van der Waals surface area contributed by atoms with Gasteiger partial charge in [-0.05, 0) is 37.1 Å². The van der Waals surface area contributed by atoms with Gasteiger partial charge >= 0.3 is 5.69 Å². The highest BCUT2D eigenvalue weighted by Gasteiger charge is 2.12. The largest absolute Gasteiger partial charge is 0.492 e. The summed E-state index contributed by atoms with van der Waals surface area (Å²) >= 11 is 0. The summed E-state index contributed by atoms with van der Waals surface area (Å²) < 4.78 is 6.42. The van der Waals surface area contributed by atoms with Crippen LogP contribution in [0.2, 0.25) is 0 Å². The molecule has 0 fully saturated rings. The van der Waals surface area contributed by atoms with Crippen molar-refractivity contribution in [2.75, 3.05) is 13.2 Å². The number of hydrogen-bond donors (Lipinski definition) is 2. The lowest BCUT2D eigenvalue weighted by Crippen LogP contribution is -2.39. The number of aryl methyl sites for hydroxylation is 2. The minimum atomic E-state index is -0.638. The Bertz CT molecular complexity index is 816. The molecule has 23 heavy (non-hydrogen) atoms. The number of carbonyl (C=O) groups is 1. The van der Waals surface area contributed by atoms with Crippen molar-refractivity contribution in [2.45, 2.75) is 13.8 Å². The molecule has 0 saturated heterocycles. The molecule has 1 amide bonds. The highest BCUT2D eigenvalue weighted by molar-refractivity contribution is 5.93. The van der Waals surface area contributed by atoms with Crippen molar-refractivity contribution in [2.24, 2.45) is 7.05 Å². The van der Waals surface area contributed by atoms with Crippen LogP contribution in [-0.2, 0) is 7.05 Å². The zero-order valence-electron chi connectivity index (χ0n) is 13.3. The first kappa shape index (κ1) is 16.5. The lowest BCUT2D eigenvalue weighted by atomic mass is 10.1. The van der Waals surface area contributed by atoms with E-state index >= 15 is 0 Å². The number of aromatic nitrogens is 2. The van der Waals surface area contributed by atoms with Crippen LogP contribution in [0.1, 0.15) is 21.5 Å². The molecule has 0 aliphatic rings. The summed E-state index contributed by atoms with van der Waals surface area (Å²) in [7, 11) is 1.31. The van der Waals surface area contributed by atoms with Gasteiger partial charge in [0.1, 0.15) is 17.9 Å². The number of hydrogen-bond acceptors (Lipinski definition) is 4. The van der Waals surface area contributed by atoms with E-state index in [9.17, 15) is 14.4 Å². The van der Waals surface area contributed by atoms with Crippen LogP contribution in [-0.4, -0.2) is 28.6 Å². The van der Waals surface area contributed by atoms with Crippen molar-refractivity contribution < 1.29 is 9.53 Å². The average Bonchev–Trinajstić information content (AvgIpc) is 2.48. The van der Waals surface area contributed by atoms with Gasteiger partial charge in [-0.15, -0.1) is 0 Å². The van der Waals surface area contributed by atoms with Gasteiger partial charge < -0.3 is 15.0 Å². The molecule has 1 aromatic carbocycles. The summed E-state index contributed by atoms with van der Waals surface area (Å²) in [5, 5.41) is 2.59. The molecule has 7 nitrogen and oxygen atoms in total. The SMILES string of the molecule is Cc1cc(C)cc(OCCNC(=O)c2c[nH]c(=O)n(C)c2=O)c1. The third-order valence-corrected chi connectivity index (χ3v) is 3.28. The van der Waals surface area contributed by atoms with E-state index in [0.717, 1.165) is 27.6 Å². The number of rotatable bonds is 5. The molecule has 0 spiro atoms. The second-order valence-electron chi connectivity index (χ2n) is 5.30. The van der Waals surface area contributed by atoms with E-state index in [2.05, 4.69) is 10.3 Å². The topological polar surface area (TPSA) is 93.2 Å². The maximum absolute atomic E-state index is 11.9. The van der Waals surface area contributed by atoms with Gasteiger partial charge in [0.05, 0.1) is 6.54 Å². The number of ether oxygens (including phenoxy) is 1. The van der Waals surface area contributed by atoms with Crippen molar-refractivity contribution >= 4 is 5.91 Å². The second-order valence-corrected chi connectivity index (χ2v) is 5.30. The summed E-state index contributed by atoms with van der Waals surface area (Å²) in [6, 6.07) is 5.86. The molecule has 122 valence electrons. The first-order chi connectivity index (χ1) is 10.9. The summed E-state index contributed by atoms with van der Waals surface area (Å²) in [6.07, 6.45) is 1.12. The van der Waals surface area contributed by atoms with Crippen LogP contribution < -0.4 is 21.3 Å². The number of amides is 1. The normalized spacial score (nSPS) is 10.4. The predicted molar refractivity (Wildman–Crippen MR) is 86.0 cm³/mol. The van der Waals surface area contributed by atoms with Crippen molar-refractivity contribution in [3.8, 4) is 5.75 Å². The summed E-state index contributed by atoms with van der Waals surface area (Å²) in [5.74, 6) is 0.183. The van der Waals surface area contributed by atoms with Gasteiger partial charge in [-0.2, -0.15) is 0 Å². The van der Waals surface area contributed by atoms with Gasteiger partial charge in [0.15, 0.2) is 0 Å². The van der Waals surface area contributed by atoms with E-state index in [1.54, 1.807) is 0 Å². The van der Waals surface area contributed by atoms with E-state index in [0.29, 0.717) is 0 Å². The van der Waals surface area contributed by atoms with Gasteiger partial charge in [0.25, 0.3) is 11.5 Å². The van der Waals surface area contributed by atoms with Crippen LogP contribution in [0, 0.1) is 13.8 Å². The molecule has 0 unspecified atom stereocenters. The lowest BCUT2D eigenvalue weighted by molar-refractivity contribution is 0.0944. The summed E-state index contributed by atoms with van der Waals surface area (Å²) in [5.41, 5.74) is 0.881. The van der Waals surface area contributed by atoms with Crippen LogP contribution in [0.25, 0.3) is 0 Å². The Labute approximate surface area is 132 Å². The molecular weight excluding hydrogens is 298 g/mol. The van der Waals surface area contributed by atoms with Gasteiger partial charge in [0.2, 0.25) is 0 Å². The molecule has 1 heterocycles. The van der Waals surface area contributed by atoms with Crippen molar-refractivity contribution in [3.05, 3.63) is 61.9 Å². The maximum Gasteiger partial charge on any atom is 0.328 e. The first-order valence-corrected chi connectivity index (χ1v) is 7.16. The Kier molecular flexibility index (Phi) is 5.00. The molecule has 0 saturated carbocycles. The Morgan fingerprint density at radius 1 is 1.22 bits per heavy atom.